The molecule has 4 rings (SSSR count). The van der Waals surface area contributed by atoms with E-state index < -0.39 is 0 Å². The highest BCUT2D eigenvalue weighted by Gasteiger charge is 2.20. The first kappa shape index (κ1) is 21.4. The summed E-state index contributed by atoms with van der Waals surface area (Å²) in [6.07, 6.45) is 3.75. The summed E-state index contributed by atoms with van der Waals surface area (Å²) in [7, 11) is 0. The average molecular weight is 478 g/mol. The molecular formula is C22H21Cl2N3OS2. The number of nitrogens with one attached hydrogen (secondary N) is 2. The molecule has 1 aliphatic rings. The van der Waals surface area contributed by atoms with E-state index in [9.17, 15) is 4.79 Å². The lowest BCUT2D eigenvalue weighted by atomic mass is 10.0. The zero-order valence-electron chi connectivity index (χ0n) is 16.4. The Hall–Kier alpha value is -1.86. The third kappa shape index (κ3) is 4.57. The van der Waals surface area contributed by atoms with E-state index in [1.165, 1.54) is 36.3 Å². The molecule has 1 aliphatic heterocycles. The highest BCUT2D eigenvalue weighted by Crippen LogP contribution is 2.36. The molecule has 0 radical (unpaired) electrons. The van der Waals surface area contributed by atoms with Gasteiger partial charge in [-0.3, -0.25) is 10.1 Å². The first-order chi connectivity index (χ1) is 14.4. The van der Waals surface area contributed by atoms with Gasteiger partial charge in [0, 0.05) is 39.1 Å². The van der Waals surface area contributed by atoms with Gasteiger partial charge in [0.05, 0.1) is 5.02 Å². The zero-order valence-corrected chi connectivity index (χ0v) is 19.5. The molecule has 0 saturated carbocycles. The second-order valence-electron chi connectivity index (χ2n) is 7.38. The molecule has 1 fully saturated rings. The fourth-order valence-electron chi connectivity index (χ4n) is 3.73. The Kier molecular flexibility index (Phi) is 6.48. The lowest BCUT2D eigenvalue weighted by Crippen LogP contribution is -2.37. The number of hydrogen-bond donors (Lipinski definition) is 2. The van der Waals surface area contributed by atoms with Gasteiger partial charge in [0.15, 0.2) is 5.11 Å². The van der Waals surface area contributed by atoms with Crippen LogP contribution in [0.1, 0.15) is 35.9 Å². The number of nitrogens with zero attached hydrogens (tertiary/aromatic N) is 1. The number of thiophene rings is 1. The minimum absolute atomic E-state index is 0.227. The molecule has 30 heavy (non-hydrogen) atoms. The summed E-state index contributed by atoms with van der Waals surface area (Å²) in [6, 6.07) is 14.0. The number of piperidine rings is 1. The average Bonchev–Trinajstić information content (AvgIpc) is 3.05. The van der Waals surface area contributed by atoms with Crippen molar-refractivity contribution in [1.82, 2.24) is 5.32 Å². The smallest absolute Gasteiger partial charge is 0.269 e. The van der Waals surface area contributed by atoms with Crippen LogP contribution < -0.4 is 15.5 Å². The monoisotopic (exact) mass is 477 g/mol. The Bertz CT molecular complexity index is 1100. The molecule has 1 atom stereocenters. The van der Waals surface area contributed by atoms with Crippen molar-refractivity contribution < 1.29 is 4.79 Å². The summed E-state index contributed by atoms with van der Waals surface area (Å²) < 4.78 is 0.860. The van der Waals surface area contributed by atoms with Gasteiger partial charge in [-0.25, -0.2) is 0 Å². The Morgan fingerprint density at radius 1 is 1.17 bits per heavy atom. The first-order valence-corrected chi connectivity index (χ1v) is 11.8. The Morgan fingerprint density at radius 3 is 2.67 bits per heavy atom. The van der Waals surface area contributed by atoms with E-state index in [0.29, 0.717) is 21.0 Å². The molecule has 2 heterocycles. The summed E-state index contributed by atoms with van der Waals surface area (Å²) in [5.41, 5.74) is 2.03. The van der Waals surface area contributed by atoms with Crippen LogP contribution in [0, 0.1) is 0 Å². The molecule has 0 bridgehead atoms. The zero-order chi connectivity index (χ0) is 21.3. The maximum atomic E-state index is 12.7. The maximum absolute atomic E-state index is 12.7. The molecule has 0 spiro atoms. The summed E-state index contributed by atoms with van der Waals surface area (Å²) in [5, 5.41) is 7.82. The molecule has 3 aromatic rings. The van der Waals surface area contributed by atoms with Gasteiger partial charge in [-0.2, -0.15) is 0 Å². The van der Waals surface area contributed by atoms with E-state index in [1.807, 2.05) is 18.2 Å². The van der Waals surface area contributed by atoms with Crippen molar-refractivity contribution >= 4 is 79.2 Å². The van der Waals surface area contributed by atoms with Crippen LogP contribution in [0.4, 0.5) is 11.4 Å². The summed E-state index contributed by atoms with van der Waals surface area (Å²) in [5.74, 6) is -0.339. The van der Waals surface area contributed by atoms with E-state index in [1.54, 1.807) is 12.1 Å². The van der Waals surface area contributed by atoms with Crippen LogP contribution >= 0.6 is 46.8 Å². The SMILES string of the molecule is C[C@H]1CCCCN1c1ccc(NC(=S)NC(=O)c2sc3cc(Cl)ccc3c2Cl)cc1. The molecule has 8 heteroatoms. The number of rotatable bonds is 3. The van der Waals surface area contributed by atoms with Gasteiger partial charge in [0.1, 0.15) is 4.88 Å². The summed E-state index contributed by atoms with van der Waals surface area (Å²) in [6.45, 7) is 3.35. The van der Waals surface area contributed by atoms with Crippen molar-refractivity contribution in [3.8, 4) is 0 Å². The Labute approximate surface area is 195 Å². The number of carbonyl (C=O) groups is 1. The van der Waals surface area contributed by atoms with Crippen LogP contribution in [0.2, 0.25) is 10.0 Å². The van der Waals surface area contributed by atoms with Crippen molar-refractivity contribution in [1.29, 1.82) is 0 Å². The largest absolute Gasteiger partial charge is 0.369 e. The molecular weight excluding hydrogens is 457 g/mol. The molecule has 4 nitrogen and oxygen atoms in total. The fraction of sp³-hybridized carbons (Fsp3) is 0.273. The predicted molar refractivity (Wildman–Crippen MR) is 133 cm³/mol. The van der Waals surface area contributed by atoms with Gasteiger partial charge in [-0.05, 0) is 74.8 Å². The van der Waals surface area contributed by atoms with E-state index in [-0.39, 0.29) is 11.0 Å². The fourth-order valence-corrected chi connectivity index (χ4v) is 5.62. The number of amides is 1. The molecule has 0 aliphatic carbocycles. The van der Waals surface area contributed by atoms with E-state index in [4.69, 9.17) is 35.4 Å². The molecule has 1 amide bonds. The van der Waals surface area contributed by atoms with Gasteiger partial charge in [0.25, 0.3) is 5.91 Å². The van der Waals surface area contributed by atoms with Crippen LogP contribution in [-0.2, 0) is 0 Å². The van der Waals surface area contributed by atoms with E-state index in [2.05, 4.69) is 34.6 Å². The Balaban J connectivity index is 1.41. The lowest BCUT2D eigenvalue weighted by Gasteiger charge is -2.35. The second-order valence-corrected chi connectivity index (χ2v) is 9.65. The molecule has 1 aromatic heterocycles. The van der Waals surface area contributed by atoms with Gasteiger partial charge in [0.2, 0.25) is 0 Å². The van der Waals surface area contributed by atoms with Crippen LogP contribution in [0.3, 0.4) is 0 Å². The van der Waals surface area contributed by atoms with E-state index in [0.717, 1.165) is 22.3 Å². The van der Waals surface area contributed by atoms with Gasteiger partial charge >= 0.3 is 0 Å². The van der Waals surface area contributed by atoms with Crippen LogP contribution in [0.15, 0.2) is 42.5 Å². The minimum Gasteiger partial charge on any atom is -0.369 e. The molecule has 0 unspecified atom stereocenters. The minimum atomic E-state index is -0.339. The van der Waals surface area contributed by atoms with Gasteiger partial charge in [-0.15, -0.1) is 11.3 Å². The number of fused-ring (bicyclic) bond motifs is 1. The maximum Gasteiger partial charge on any atom is 0.269 e. The third-order valence-corrected chi connectivity index (χ3v) is 7.38. The predicted octanol–water partition coefficient (Wildman–Crippen LogP) is 6.71. The number of halogens is 2. The molecule has 2 N–H and O–H groups in total. The molecule has 2 aromatic carbocycles. The highest BCUT2D eigenvalue weighted by molar-refractivity contribution is 7.80. The van der Waals surface area contributed by atoms with Crippen molar-refractivity contribution in [2.45, 2.75) is 32.2 Å². The standard InChI is InChI=1S/C22H21Cl2N3OS2/c1-13-4-2-3-11-27(13)16-8-6-15(7-9-16)25-22(29)26-21(28)20-19(24)17-10-5-14(23)12-18(17)30-20/h5-10,12-13H,2-4,11H2,1H3,(H2,25,26,28,29)/t13-/m0/s1. The quantitative estimate of drug-likeness (QED) is 0.411. The third-order valence-electron chi connectivity index (χ3n) is 5.28. The summed E-state index contributed by atoms with van der Waals surface area (Å²) >= 11 is 19.0. The van der Waals surface area contributed by atoms with Crippen molar-refractivity contribution in [3.05, 3.63) is 57.4 Å². The van der Waals surface area contributed by atoms with Crippen molar-refractivity contribution in [3.63, 3.8) is 0 Å². The van der Waals surface area contributed by atoms with Crippen LogP contribution in [0.5, 0.6) is 0 Å². The second kappa shape index (κ2) is 9.10. The lowest BCUT2D eigenvalue weighted by molar-refractivity contribution is 0.0982. The first-order valence-electron chi connectivity index (χ1n) is 9.79. The number of carbonyl (C=O) groups excluding carboxylic acids is 1. The number of benzene rings is 2. The highest BCUT2D eigenvalue weighted by atomic mass is 35.5. The van der Waals surface area contributed by atoms with Crippen LogP contribution in [-0.4, -0.2) is 23.6 Å². The van der Waals surface area contributed by atoms with Crippen molar-refractivity contribution in [2.75, 3.05) is 16.8 Å². The van der Waals surface area contributed by atoms with Gasteiger partial charge in [-0.1, -0.05) is 29.3 Å². The summed E-state index contributed by atoms with van der Waals surface area (Å²) in [4.78, 5) is 15.5. The number of anilines is 2. The normalized spacial score (nSPS) is 16.5. The van der Waals surface area contributed by atoms with E-state index >= 15 is 0 Å². The number of hydrogen-bond acceptors (Lipinski definition) is 4. The molecule has 156 valence electrons. The number of thiocarbonyl (C=S) groups is 1. The topological polar surface area (TPSA) is 44.4 Å². The van der Waals surface area contributed by atoms with Gasteiger partial charge < -0.3 is 10.2 Å². The Morgan fingerprint density at radius 2 is 1.93 bits per heavy atom. The molecule has 1 saturated heterocycles. The van der Waals surface area contributed by atoms with Crippen molar-refractivity contribution in [2.24, 2.45) is 0 Å². The van der Waals surface area contributed by atoms with Crippen LogP contribution in [0.25, 0.3) is 10.1 Å².